The molecule has 2 rings (SSSR count). The maximum Gasteiger partial charge on any atom is 0.333 e. The Morgan fingerprint density at radius 2 is 1.44 bits per heavy atom. The van der Waals surface area contributed by atoms with Gasteiger partial charge in [-0.15, -0.1) is 0 Å². The fraction of sp³-hybridized carbons (Fsp3) is 0.421. The number of aromatic nitrogens is 2. The molecule has 27 heavy (non-hydrogen) atoms. The van der Waals surface area contributed by atoms with Crippen molar-refractivity contribution in [2.45, 2.75) is 58.3 Å². The van der Waals surface area contributed by atoms with E-state index >= 15 is 0 Å². The molecule has 0 aliphatic heterocycles. The van der Waals surface area contributed by atoms with Crippen molar-refractivity contribution < 1.29 is 13.2 Å². The van der Waals surface area contributed by atoms with Crippen molar-refractivity contribution in [2.75, 3.05) is 5.32 Å². The zero-order valence-corrected chi connectivity index (χ0v) is 17.3. The van der Waals surface area contributed by atoms with Gasteiger partial charge in [0.2, 0.25) is 0 Å². The van der Waals surface area contributed by atoms with E-state index in [0.717, 1.165) is 16.7 Å². The fourth-order valence-electron chi connectivity index (χ4n) is 2.74. The number of hydrogen-bond acceptors (Lipinski definition) is 5. The molecule has 0 spiro atoms. The predicted octanol–water partition coefficient (Wildman–Crippen LogP) is 3.85. The summed E-state index contributed by atoms with van der Waals surface area (Å²) in [4.78, 5) is 20.0. The minimum Gasteiger partial charge on any atom is -0.307 e. The third-order valence-corrected chi connectivity index (χ3v) is 5.41. The highest BCUT2D eigenvalue weighted by Gasteiger charge is 2.22. The van der Waals surface area contributed by atoms with Gasteiger partial charge in [-0.05, 0) is 36.8 Å². The number of rotatable bonds is 5. The fourth-order valence-corrected chi connectivity index (χ4v) is 3.53. The van der Waals surface area contributed by atoms with Crippen LogP contribution in [0.15, 0.2) is 29.4 Å². The van der Waals surface area contributed by atoms with Crippen LogP contribution in [0.1, 0.15) is 62.0 Å². The van der Waals surface area contributed by atoms with Crippen molar-refractivity contribution in [3.63, 3.8) is 0 Å². The molecular weight excluding hydrogens is 364 g/mol. The number of carbonyl (C=O) groups excluding carboxylic acids is 1. The number of nitrogens with zero attached hydrogens (tertiary/aromatic N) is 2. The van der Waals surface area contributed by atoms with Gasteiger partial charge in [-0.1, -0.05) is 45.4 Å². The Bertz CT molecular complexity index is 907. The number of hydrogen-bond donors (Lipinski definition) is 2. The maximum atomic E-state index is 12.5. The third-order valence-electron chi connectivity index (χ3n) is 4.12. The lowest BCUT2D eigenvalue weighted by Gasteiger charge is -2.21. The van der Waals surface area contributed by atoms with Crippen LogP contribution in [0.25, 0.3) is 0 Å². The summed E-state index contributed by atoms with van der Waals surface area (Å²) in [6, 6.07) is 3.20. The Hall–Kier alpha value is -2.48. The highest BCUT2D eigenvalue weighted by Crippen LogP contribution is 2.33. The summed E-state index contributed by atoms with van der Waals surface area (Å²) in [5, 5.41) is 2.74. The second kappa shape index (κ2) is 8.04. The van der Waals surface area contributed by atoms with E-state index < -0.39 is 16.1 Å². The van der Waals surface area contributed by atoms with Gasteiger partial charge in [-0.25, -0.2) is 27.9 Å². The van der Waals surface area contributed by atoms with Crippen LogP contribution in [0.3, 0.4) is 0 Å². The smallest absolute Gasteiger partial charge is 0.307 e. The molecule has 2 N–H and O–H groups in total. The number of carbonyl (C=O) groups is 1. The molecule has 0 aliphatic rings. The van der Waals surface area contributed by atoms with Crippen LogP contribution in [0.2, 0.25) is 0 Å². The molecule has 2 amide bonds. The van der Waals surface area contributed by atoms with Gasteiger partial charge in [-0.2, -0.15) is 0 Å². The summed E-state index contributed by atoms with van der Waals surface area (Å²) in [6.45, 7) is 11.8. The monoisotopic (exact) mass is 390 g/mol. The summed E-state index contributed by atoms with van der Waals surface area (Å²) < 4.78 is 26.8. The number of nitrogens with one attached hydrogen (secondary N) is 2. The number of aryl methyl sites for hydroxylation is 2. The van der Waals surface area contributed by atoms with Crippen LogP contribution < -0.4 is 10.0 Å². The Balaban J connectivity index is 2.33. The van der Waals surface area contributed by atoms with Gasteiger partial charge in [0.1, 0.15) is 10.7 Å². The molecule has 1 heterocycles. The quantitative estimate of drug-likeness (QED) is 0.807. The molecule has 1 aromatic heterocycles. The van der Waals surface area contributed by atoms with Gasteiger partial charge in [0.15, 0.2) is 0 Å². The number of sulfonamides is 1. The van der Waals surface area contributed by atoms with Gasteiger partial charge in [0, 0.05) is 5.69 Å². The largest absolute Gasteiger partial charge is 0.333 e. The Labute approximate surface area is 160 Å². The van der Waals surface area contributed by atoms with Gasteiger partial charge < -0.3 is 5.32 Å². The van der Waals surface area contributed by atoms with Crippen LogP contribution in [0.4, 0.5) is 10.5 Å². The van der Waals surface area contributed by atoms with E-state index in [4.69, 9.17) is 0 Å². The first kappa shape index (κ1) is 20.8. The van der Waals surface area contributed by atoms with Gasteiger partial charge >= 0.3 is 6.03 Å². The first-order valence-corrected chi connectivity index (χ1v) is 10.3. The highest BCUT2D eigenvalue weighted by molar-refractivity contribution is 7.90. The number of urea groups is 1. The van der Waals surface area contributed by atoms with Crippen molar-refractivity contribution >= 4 is 21.7 Å². The molecule has 0 radical (unpaired) electrons. The predicted molar refractivity (Wildman–Crippen MR) is 105 cm³/mol. The van der Waals surface area contributed by atoms with Crippen LogP contribution >= 0.6 is 0 Å². The zero-order valence-electron chi connectivity index (χ0n) is 16.5. The molecule has 7 nitrogen and oxygen atoms in total. The minimum absolute atomic E-state index is 0.166. The third kappa shape index (κ3) is 5.03. The lowest BCUT2D eigenvalue weighted by molar-refractivity contribution is 0.256. The van der Waals surface area contributed by atoms with Crippen molar-refractivity contribution in [1.82, 2.24) is 14.7 Å². The molecule has 0 fully saturated rings. The normalized spacial score (nSPS) is 11.7. The van der Waals surface area contributed by atoms with E-state index in [9.17, 15) is 13.2 Å². The lowest BCUT2D eigenvalue weighted by atomic mass is 9.90. The summed E-state index contributed by atoms with van der Waals surface area (Å²) in [5.41, 5.74) is 3.67. The van der Waals surface area contributed by atoms with Gasteiger partial charge in [-0.3, -0.25) is 0 Å². The minimum atomic E-state index is -4.06. The van der Waals surface area contributed by atoms with E-state index in [1.165, 1.54) is 12.4 Å². The summed E-state index contributed by atoms with van der Waals surface area (Å²) in [6.07, 6.45) is 2.34. The standard InChI is InChI=1S/C19H26N4O3S/c1-11(2)16-7-13(5)8-17(12(3)4)18(16)22-19(24)23-27(25,26)15-9-20-14(6)21-10-15/h7-12H,1-6H3,(H2,22,23,24). The molecule has 8 heteroatoms. The summed E-state index contributed by atoms with van der Waals surface area (Å²) in [5.74, 6) is 0.779. The zero-order chi connectivity index (χ0) is 20.4. The second-order valence-electron chi connectivity index (χ2n) is 7.15. The number of amides is 2. The van der Waals surface area contributed by atoms with E-state index in [2.05, 4.69) is 15.3 Å². The molecule has 0 saturated heterocycles. The maximum absolute atomic E-state index is 12.5. The topological polar surface area (TPSA) is 101 Å². The van der Waals surface area contributed by atoms with Crippen LogP contribution in [-0.4, -0.2) is 24.4 Å². The van der Waals surface area contributed by atoms with Crippen LogP contribution in [0, 0.1) is 13.8 Å². The highest BCUT2D eigenvalue weighted by atomic mass is 32.2. The molecular formula is C19H26N4O3S. The van der Waals surface area contributed by atoms with Crippen molar-refractivity contribution in [2.24, 2.45) is 0 Å². The van der Waals surface area contributed by atoms with Gasteiger partial charge in [0.05, 0.1) is 12.4 Å². The van der Waals surface area contributed by atoms with Crippen LogP contribution in [0.5, 0.6) is 0 Å². The van der Waals surface area contributed by atoms with Crippen molar-refractivity contribution in [3.05, 3.63) is 47.0 Å². The van der Waals surface area contributed by atoms with Gasteiger partial charge in [0.25, 0.3) is 10.0 Å². The van der Waals surface area contributed by atoms with E-state index in [1.54, 1.807) is 6.92 Å². The Morgan fingerprint density at radius 1 is 0.963 bits per heavy atom. The SMILES string of the molecule is Cc1cc(C(C)C)c(NC(=O)NS(=O)(=O)c2cnc(C)nc2)c(C(C)C)c1. The average Bonchev–Trinajstić information content (AvgIpc) is 2.55. The number of anilines is 1. The average molecular weight is 391 g/mol. The lowest BCUT2D eigenvalue weighted by Crippen LogP contribution is -2.35. The first-order valence-electron chi connectivity index (χ1n) is 8.78. The molecule has 0 unspecified atom stereocenters. The molecule has 0 atom stereocenters. The van der Waals surface area contributed by atoms with Crippen molar-refractivity contribution in [1.29, 1.82) is 0 Å². The van der Waals surface area contributed by atoms with Crippen LogP contribution in [-0.2, 0) is 10.0 Å². The van der Waals surface area contributed by atoms with E-state index in [0.29, 0.717) is 11.5 Å². The molecule has 2 aromatic rings. The first-order chi connectivity index (χ1) is 12.5. The van der Waals surface area contributed by atoms with E-state index in [-0.39, 0.29) is 16.7 Å². The molecule has 0 bridgehead atoms. The van der Waals surface area contributed by atoms with E-state index in [1.807, 2.05) is 51.5 Å². The molecule has 146 valence electrons. The Morgan fingerprint density at radius 3 is 1.89 bits per heavy atom. The molecule has 0 saturated carbocycles. The molecule has 1 aromatic carbocycles. The summed E-state index contributed by atoms with van der Waals surface area (Å²) >= 11 is 0. The number of benzene rings is 1. The van der Waals surface area contributed by atoms with Crippen molar-refractivity contribution in [3.8, 4) is 0 Å². The Kier molecular flexibility index (Phi) is 6.20. The second-order valence-corrected chi connectivity index (χ2v) is 8.84. The molecule has 0 aliphatic carbocycles. The summed E-state index contributed by atoms with van der Waals surface area (Å²) in [7, 11) is -4.06.